The fourth-order valence-corrected chi connectivity index (χ4v) is 2.07. The Labute approximate surface area is 125 Å². The van der Waals surface area contributed by atoms with Gasteiger partial charge in [-0.1, -0.05) is 60.7 Å². The molecule has 0 aliphatic rings. The average Bonchev–Trinajstić information content (AvgIpc) is 2.48. The number of hydrogen-bond acceptors (Lipinski definition) is 2. The molecule has 3 nitrogen and oxygen atoms in total. The second kappa shape index (κ2) is 6.19. The molecule has 0 saturated heterocycles. The van der Waals surface area contributed by atoms with Gasteiger partial charge in [-0.15, -0.1) is 0 Å². The third kappa shape index (κ3) is 2.96. The minimum Gasteiger partial charge on any atom is -0.479 e. The first-order chi connectivity index (χ1) is 10.4. The van der Waals surface area contributed by atoms with Gasteiger partial charge >= 0.3 is 12.1 Å². The van der Waals surface area contributed by atoms with Crippen molar-refractivity contribution in [3.8, 4) is 0 Å². The van der Waals surface area contributed by atoms with Crippen molar-refractivity contribution < 1.29 is 27.8 Å². The van der Waals surface area contributed by atoms with Crippen molar-refractivity contribution in [2.45, 2.75) is 18.4 Å². The molecule has 0 amide bonds. The van der Waals surface area contributed by atoms with E-state index in [-0.39, 0.29) is 0 Å². The molecule has 0 fully saturated rings. The number of ether oxygens (including phenoxy) is 1. The van der Waals surface area contributed by atoms with E-state index in [2.05, 4.69) is 0 Å². The molecular formula is C16H13F3O3. The van der Waals surface area contributed by atoms with Gasteiger partial charge in [-0.25, -0.2) is 4.79 Å². The Morgan fingerprint density at radius 2 is 1.45 bits per heavy atom. The van der Waals surface area contributed by atoms with Crippen molar-refractivity contribution in [1.29, 1.82) is 0 Å². The molecule has 0 aliphatic carbocycles. The van der Waals surface area contributed by atoms with E-state index < -0.39 is 29.9 Å². The number of halogens is 3. The van der Waals surface area contributed by atoms with E-state index in [9.17, 15) is 23.1 Å². The second-order valence-corrected chi connectivity index (χ2v) is 4.62. The van der Waals surface area contributed by atoms with E-state index in [1.807, 2.05) is 0 Å². The van der Waals surface area contributed by atoms with Crippen LogP contribution in [-0.4, -0.2) is 17.3 Å². The molecule has 1 N–H and O–H groups in total. The average molecular weight is 310 g/mol. The highest BCUT2D eigenvalue weighted by Crippen LogP contribution is 2.43. The molecule has 2 aromatic rings. The number of hydrogen-bond donors (Lipinski definition) is 1. The zero-order valence-electron chi connectivity index (χ0n) is 11.4. The molecule has 0 saturated carbocycles. The summed E-state index contributed by atoms with van der Waals surface area (Å²) in [5.41, 5.74) is -3.41. The molecule has 0 bridgehead atoms. The van der Waals surface area contributed by atoms with E-state index in [1.165, 1.54) is 18.2 Å². The maximum absolute atomic E-state index is 13.5. The number of carboxylic acid groups (broad SMARTS) is 1. The molecule has 2 aromatic carbocycles. The van der Waals surface area contributed by atoms with Crippen LogP contribution in [-0.2, 0) is 21.7 Å². The maximum atomic E-state index is 13.5. The zero-order valence-corrected chi connectivity index (χ0v) is 11.4. The molecule has 0 heterocycles. The fourth-order valence-electron chi connectivity index (χ4n) is 2.07. The van der Waals surface area contributed by atoms with Gasteiger partial charge in [0.15, 0.2) is 0 Å². The summed E-state index contributed by atoms with van der Waals surface area (Å²) in [4.78, 5) is 11.4. The number of benzene rings is 2. The lowest BCUT2D eigenvalue weighted by Gasteiger charge is -2.32. The van der Waals surface area contributed by atoms with Crippen LogP contribution in [0.1, 0.15) is 11.1 Å². The molecule has 2 rings (SSSR count). The summed E-state index contributed by atoms with van der Waals surface area (Å²) in [5, 5.41) is 9.25. The van der Waals surface area contributed by atoms with Crippen molar-refractivity contribution in [2.75, 3.05) is 0 Å². The number of carboxylic acids is 1. The molecule has 0 aliphatic heterocycles. The van der Waals surface area contributed by atoms with Crippen LogP contribution in [0.15, 0.2) is 60.7 Å². The van der Waals surface area contributed by atoms with Gasteiger partial charge in [-0.3, -0.25) is 0 Å². The van der Waals surface area contributed by atoms with Gasteiger partial charge in [-0.05, 0) is 5.56 Å². The Bertz CT molecular complexity index is 626. The molecule has 6 heteroatoms. The van der Waals surface area contributed by atoms with Crippen molar-refractivity contribution in [3.63, 3.8) is 0 Å². The smallest absolute Gasteiger partial charge is 0.432 e. The molecule has 0 radical (unpaired) electrons. The van der Waals surface area contributed by atoms with Gasteiger partial charge in [0.1, 0.15) is 0 Å². The topological polar surface area (TPSA) is 46.5 Å². The molecule has 0 aromatic heterocycles. The number of aliphatic carboxylic acids is 1. The summed E-state index contributed by atoms with van der Waals surface area (Å²) in [6, 6.07) is 14.5. The van der Waals surface area contributed by atoms with Crippen LogP contribution in [0.3, 0.4) is 0 Å². The Morgan fingerprint density at radius 1 is 0.955 bits per heavy atom. The van der Waals surface area contributed by atoms with Gasteiger partial charge in [0.05, 0.1) is 6.61 Å². The minimum absolute atomic E-state index is 0.452. The van der Waals surface area contributed by atoms with Gasteiger partial charge < -0.3 is 9.84 Å². The van der Waals surface area contributed by atoms with Crippen LogP contribution in [0.5, 0.6) is 0 Å². The lowest BCUT2D eigenvalue weighted by atomic mass is 9.92. The Morgan fingerprint density at radius 3 is 1.91 bits per heavy atom. The van der Waals surface area contributed by atoms with Crippen LogP contribution < -0.4 is 0 Å². The SMILES string of the molecule is O=C(O)[C@@](OCc1ccccc1)(c1ccccc1)C(F)(F)F. The molecule has 0 spiro atoms. The largest absolute Gasteiger partial charge is 0.479 e. The van der Waals surface area contributed by atoms with Gasteiger partial charge in [0.2, 0.25) is 0 Å². The quantitative estimate of drug-likeness (QED) is 0.915. The van der Waals surface area contributed by atoms with Crippen LogP contribution >= 0.6 is 0 Å². The lowest BCUT2D eigenvalue weighted by molar-refractivity contribution is -0.284. The van der Waals surface area contributed by atoms with Gasteiger partial charge in [-0.2, -0.15) is 13.2 Å². The highest BCUT2D eigenvalue weighted by atomic mass is 19.4. The molecule has 0 unspecified atom stereocenters. The Balaban J connectivity index is 2.43. The van der Waals surface area contributed by atoms with Crippen LogP contribution in [0.4, 0.5) is 13.2 Å². The second-order valence-electron chi connectivity index (χ2n) is 4.62. The Kier molecular flexibility index (Phi) is 4.51. The summed E-state index contributed by atoms with van der Waals surface area (Å²) in [7, 11) is 0. The highest BCUT2D eigenvalue weighted by molar-refractivity contribution is 5.80. The van der Waals surface area contributed by atoms with E-state index in [0.29, 0.717) is 5.56 Å². The Hall–Kier alpha value is -2.34. The summed E-state index contributed by atoms with van der Waals surface area (Å²) < 4.78 is 45.4. The predicted octanol–water partition coefficient (Wildman–Crippen LogP) is 3.75. The van der Waals surface area contributed by atoms with Crippen LogP contribution in [0.25, 0.3) is 0 Å². The highest BCUT2D eigenvalue weighted by Gasteiger charge is 2.63. The molecular weight excluding hydrogens is 297 g/mol. The van der Waals surface area contributed by atoms with Crippen LogP contribution in [0.2, 0.25) is 0 Å². The predicted molar refractivity (Wildman–Crippen MR) is 73.0 cm³/mol. The van der Waals surface area contributed by atoms with Crippen molar-refractivity contribution in [3.05, 3.63) is 71.8 Å². The monoisotopic (exact) mass is 310 g/mol. The first-order valence-corrected chi connectivity index (χ1v) is 6.41. The summed E-state index contributed by atoms with van der Waals surface area (Å²) >= 11 is 0. The first-order valence-electron chi connectivity index (χ1n) is 6.41. The van der Waals surface area contributed by atoms with E-state index in [0.717, 1.165) is 12.1 Å². The van der Waals surface area contributed by atoms with Crippen LogP contribution in [0, 0.1) is 0 Å². The normalized spacial score (nSPS) is 14.3. The third-order valence-corrected chi connectivity index (χ3v) is 3.18. The van der Waals surface area contributed by atoms with Gasteiger partial charge in [0.25, 0.3) is 5.60 Å². The lowest BCUT2D eigenvalue weighted by Crippen LogP contribution is -2.51. The molecule has 116 valence electrons. The fraction of sp³-hybridized carbons (Fsp3) is 0.188. The first kappa shape index (κ1) is 16.0. The number of carbonyl (C=O) groups is 1. The standard InChI is InChI=1S/C16H13F3O3/c17-16(18,19)15(14(20)21,13-9-5-2-6-10-13)22-11-12-7-3-1-4-8-12/h1-10H,11H2,(H,20,21)/t15-/m0/s1. The molecule has 22 heavy (non-hydrogen) atoms. The summed E-state index contributed by atoms with van der Waals surface area (Å²) in [5.74, 6) is -2.10. The summed E-state index contributed by atoms with van der Waals surface area (Å²) in [6.07, 6.45) is -5.10. The third-order valence-electron chi connectivity index (χ3n) is 3.18. The van der Waals surface area contributed by atoms with Crippen molar-refractivity contribution in [2.24, 2.45) is 0 Å². The maximum Gasteiger partial charge on any atom is 0.432 e. The zero-order chi connectivity index (χ0) is 16.2. The van der Waals surface area contributed by atoms with Crippen molar-refractivity contribution in [1.82, 2.24) is 0 Å². The van der Waals surface area contributed by atoms with E-state index >= 15 is 0 Å². The summed E-state index contributed by atoms with van der Waals surface area (Å²) in [6.45, 7) is -0.471. The van der Waals surface area contributed by atoms with E-state index in [4.69, 9.17) is 4.74 Å². The van der Waals surface area contributed by atoms with Crippen molar-refractivity contribution >= 4 is 5.97 Å². The molecule has 1 atom stereocenters. The van der Waals surface area contributed by atoms with Gasteiger partial charge in [0, 0.05) is 5.56 Å². The number of rotatable bonds is 5. The van der Waals surface area contributed by atoms with E-state index in [1.54, 1.807) is 30.3 Å². The minimum atomic E-state index is -5.10. The number of alkyl halides is 3.